The predicted octanol–water partition coefficient (Wildman–Crippen LogP) is 1.06. The smallest absolute Gasteiger partial charge is 0.430 e. The van der Waals surface area contributed by atoms with E-state index in [1.807, 2.05) is 0 Å². The van der Waals surface area contributed by atoms with Crippen LogP contribution in [0.1, 0.15) is 13.8 Å². The van der Waals surface area contributed by atoms with E-state index in [-0.39, 0.29) is 6.10 Å². The highest BCUT2D eigenvalue weighted by Crippen LogP contribution is 2.05. The summed E-state index contributed by atoms with van der Waals surface area (Å²) in [6.45, 7) is 6.14. The highest BCUT2D eigenvalue weighted by molar-refractivity contribution is 7.81. The van der Waals surface area contributed by atoms with Gasteiger partial charge in [0.05, 0.1) is 12.4 Å². The molecule has 0 aliphatic rings. The van der Waals surface area contributed by atoms with Crippen LogP contribution in [-0.4, -0.2) is 27.4 Å². The standard InChI is InChI=1S/C7H13FO6S/c1-4-11-7(13-6(2)3)5-12-15(9,10)14-8/h4,6-7H,1,5H2,2-3H3. The van der Waals surface area contributed by atoms with E-state index in [2.05, 4.69) is 15.1 Å². The number of hydrogen-bond acceptors (Lipinski definition) is 6. The van der Waals surface area contributed by atoms with Crippen LogP contribution in [0.4, 0.5) is 4.53 Å². The van der Waals surface area contributed by atoms with E-state index in [0.717, 1.165) is 6.26 Å². The molecule has 0 amide bonds. The molecule has 8 heteroatoms. The predicted molar refractivity (Wildman–Crippen MR) is 48.4 cm³/mol. The number of halogens is 1. The quantitative estimate of drug-likeness (QED) is 0.469. The van der Waals surface area contributed by atoms with E-state index in [0.29, 0.717) is 0 Å². The molecule has 0 rings (SSSR count). The molecule has 0 fully saturated rings. The average Bonchev–Trinajstić information content (AvgIpc) is 2.14. The molecule has 0 saturated carbocycles. The molecule has 6 nitrogen and oxygen atoms in total. The second kappa shape index (κ2) is 6.72. The minimum absolute atomic E-state index is 0.215. The van der Waals surface area contributed by atoms with Gasteiger partial charge in [-0.3, -0.25) is 0 Å². The van der Waals surface area contributed by atoms with Crippen molar-refractivity contribution in [3.63, 3.8) is 0 Å². The van der Waals surface area contributed by atoms with Crippen molar-refractivity contribution in [2.75, 3.05) is 6.61 Å². The van der Waals surface area contributed by atoms with E-state index >= 15 is 0 Å². The molecule has 0 aromatic carbocycles. The summed E-state index contributed by atoms with van der Waals surface area (Å²) in [5.74, 6) is 0. The average molecular weight is 244 g/mol. The molecular weight excluding hydrogens is 231 g/mol. The maximum Gasteiger partial charge on any atom is 0.430 e. The van der Waals surface area contributed by atoms with Gasteiger partial charge in [-0.15, -0.1) is 0 Å². The molecule has 15 heavy (non-hydrogen) atoms. The van der Waals surface area contributed by atoms with Gasteiger partial charge in [-0.05, 0) is 22.8 Å². The lowest BCUT2D eigenvalue weighted by Crippen LogP contribution is -2.26. The highest BCUT2D eigenvalue weighted by atomic mass is 32.3. The minimum Gasteiger partial charge on any atom is -0.471 e. The minimum atomic E-state index is -4.63. The Morgan fingerprint density at radius 2 is 2.07 bits per heavy atom. The highest BCUT2D eigenvalue weighted by Gasteiger charge is 2.18. The van der Waals surface area contributed by atoms with Crippen molar-refractivity contribution in [3.8, 4) is 0 Å². The lowest BCUT2D eigenvalue weighted by Gasteiger charge is -2.18. The van der Waals surface area contributed by atoms with Gasteiger partial charge in [-0.1, -0.05) is 6.58 Å². The Bertz CT molecular complexity index is 275. The van der Waals surface area contributed by atoms with Crippen LogP contribution in [0, 0.1) is 0 Å². The topological polar surface area (TPSA) is 71.1 Å². The summed E-state index contributed by atoms with van der Waals surface area (Å²) in [5.41, 5.74) is 0. The molecule has 0 N–H and O–H groups in total. The molecule has 0 spiro atoms. The molecule has 0 bridgehead atoms. The molecule has 0 radical (unpaired) electrons. The largest absolute Gasteiger partial charge is 0.471 e. The SMILES string of the molecule is C=COC(COS(=O)(=O)OF)OC(C)C. The molecule has 90 valence electrons. The monoisotopic (exact) mass is 244 g/mol. The first-order valence-electron chi connectivity index (χ1n) is 4.02. The maximum atomic E-state index is 11.4. The van der Waals surface area contributed by atoms with Gasteiger partial charge in [0.15, 0.2) is 0 Å². The fraction of sp³-hybridized carbons (Fsp3) is 0.714. The first kappa shape index (κ1) is 14.3. The van der Waals surface area contributed by atoms with Crippen molar-refractivity contribution in [3.05, 3.63) is 12.8 Å². The third kappa shape index (κ3) is 7.25. The zero-order valence-electron chi connectivity index (χ0n) is 8.38. The van der Waals surface area contributed by atoms with Gasteiger partial charge in [0, 0.05) is 0 Å². The number of hydrogen-bond donors (Lipinski definition) is 0. The second-order valence-electron chi connectivity index (χ2n) is 2.67. The normalized spacial score (nSPS) is 13.9. The van der Waals surface area contributed by atoms with E-state index in [1.165, 1.54) is 0 Å². The van der Waals surface area contributed by atoms with Gasteiger partial charge in [0.1, 0.15) is 6.61 Å². The number of ether oxygens (including phenoxy) is 2. The zero-order chi connectivity index (χ0) is 11.9. The summed E-state index contributed by atoms with van der Waals surface area (Å²) < 4.78 is 48.7. The second-order valence-corrected chi connectivity index (χ2v) is 3.85. The third-order valence-electron chi connectivity index (χ3n) is 1.10. The van der Waals surface area contributed by atoms with Crippen LogP contribution in [0.5, 0.6) is 0 Å². The molecule has 0 aliphatic carbocycles. The molecule has 1 atom stereocenters. The Balaban J connectivity index is 4.12. The van der Waals surface area contributed by atoms with Crippen LogP contribution in [0.25, 0.3) is 0 Å². The Kier molecular flexibility index (Phi) is 6.41. The first-order chi connectivity index (χ1) is 6.91. The van der Waals surface area contributed by atoms with Gasteiger partial charge in [-0.2, -0.15) is 8.42 Å². The van der Waals surface area contributed by atoms with E-state index in [1.54, 1.807) is 13.8 Å². The number of rotatable bonds is 8. The van der Waals surface area contributed by atoms with Crippen molar-refractivity contribution in [1.82, 2.24) is 0 Å². The van der Waals surface area contributed by atoms with Crippen LogP contribution in [0.3, 0.4) is 0 Å². The van der Waals surface area contributed by atoms with Crippen molar-refractivity contribution in [1.29, 1.82) is 0 Å². The molecule has 0 aliphatic heterocycles. The zero-order valence-corrected chi connectivity index (χ0v) is 9.20. The first-order valence-corrected chi connectivity index (χ1v) is 5.36. The molecule has 0 aromatic heterocycles. The summed E-state index contributed by atoms with van der Waals surface area (Å²) in [6, 6.07) is 0. The molecule has 0 saturated heterocycles. The summed E-state index contributed by atoms with van der Waals surface area (Å²) in [5, 5.41) is 0. The van der Waals surface area contributed by atoms with Gasteiger partial charge < -0.3 is 9.47 Å². The van der Waals surface area contributed by atoms with E-state index in [9.17, 15) is 12.9 Å². The molecule has 0 aromatic rings. The molecule has 0 heterocycles. The van der Waals surface area contributed by atoms with Gasteiger partial charge >= 0.3 is 10.4 Å². The van der Waals surface area contributed by atoms with Crippen LogP contribution in [0.2, 0.25) is 0 Å². The summed E-state index contributed by atoms with van der Waals surface area (Å²) in [7, 11) is -4.63. The van der Waals surface area contributed by atoms with Gasteiger partial charge in [0.25, 0.3) is 0 Å². The Labute approximate surface area is 87.8 Å². The lowest BCUT2D eigenvalue weighted by molar-refractivity contribution is -0.150. The van der Waals surface area contributed by atoms with Crippen molar-refractivity contribution in [2.45, 2.75) is 26.2 Å². The van der Waals surface area contributed by atoms with Crippen LogP contribution >= 0.6 is 0 Å². The Hall–Kier alpha value is -0.700. The lowest BCUT2D eigenvalue weighted by atomic mass is 10.5. The van der Waals surface area contributed by atoms with Gasteiger partial charge in [0.2, 0.25) is 6.29 Å². The van der Waals surface area contributed by atoms with Crippen LogP contribution in [-0.2, 0) is 28.4 Å². The molecular formula is C7H13FO6S. The Morgan fingerprint density at radius 3 is 2.47 bits per heavy atom. The summed E-state index contributed by atoms with van der Waals surface area (Å²) in [6.07, 6.45) is -0.153. The van der Waals surface area contributed by atoms with Crippen molar-refractivity contribution < 1.29 is 31.0 Å². The summed E-state index contributed by atoms with van der Waals surface area (Å²) in [4.78, 5) is 0. The van der Waals surface area contributed by atoms with Crippen LogP contribution < -0.4 is 0 Å². The van der Waals surface area contributed by atoms with Crippen molar-refractivity contribution in [2.24, 2.45) is 0 Å². The maximum absolute atomic E-state index is 11.4. The van der Waals surface area contributed by atoms with E-state index in [4.69, 9.17) is 9.47 Å². The molecule has 1 unspecified atom stereocenters. The fourth-order valence-corrected chi connectivity index (χ4v) is 0.993. The van der Waals surface area contributed by atoms with Crippen molar-refractivity contribution >= 4 is 10.4 Å². The third-order valence-corrected chi connectivity index (χ3v) is 1.68. The van der Waals surface area contributed by atoms with Crippen LogP contribution in [0.15, 0.2) is 12.8 Å². The fourth-order valence-electron chi connectivity index (χ4n) is 0.679. The van der Waals surface area contributed by atoms with E-state index < -0.39 is 23.3 Å². The summed E-state index contributed by atoms with van der Waals surface area (Å²) >= 11 is 0. The Morgan fingerprint density at radius 1 is 1.47 bits per heavy atom. The van der Waals surface area contributed by atoms with Gasteiger partial charge in [-0.25, -0.2) is 4.18 Å².